The van der Waals surface area contributed by atoms with Crippen LogP contribution < -0.4 is 14.8 Å². The minimum atomic E-state index is -0.0181. The maximum Gasteiger partial charge on any atom is 0.230 e. The third kappa shape index (κ3) is 3.10. The minimum absolute atomic E-state index is 0.0181. The van der Waals surface area contributed by atoms with Crippen molar-refractivity contribution >= 4 is 28.6 Å². The molecule has 1 aliphatic carbocycles. The van der Waals surface area contributed by atoms with E-state index >= 15 is 0 Å². The van der Waals surface area contributed by atoms with Gasteiger partial charge in [-0.15, -0.1) is 0 Å². The van der Waals surface area contributed by atoms with Gasteiger partial charge in [0.2, 0.25) is 5.91 Å². The highest BCUT2D eigenvalue weighted by molar-refractivity contribution is 8.00. The van der Waals surface area contributed by atoms with E-state index in [1.165, 1.54) is 11.8 Å². The zero-order valence-corrected chi connectivity index (χ0v) is 13.7. The van der Waals surface area contributed by atoms with E-state index in [-0.39, 0.29) is 11.7 Å². The summed E-state index contributed by atoms with van der Waals surface area (Å²) in [6.45, 7) is 1.03. The molecule has 4 rings (SSSR count). The van der Waals surface area contributed by atoms with Crippen molar-refractivity contribution < 1.29 is 14.3 Å². The van der Waals surface area contributed by atoms with Gasteiger partial charge in [-0.05, 0) is 25.0 Å². The number of amides is 1. The largest absolute Gasteiger partial charge is 0.486 e. The predicted octanol–water partition coefficient (Wildman–Crippen LogP) is 2.25. The van der Waals surface area contributed by atoms with Gasteiger partial charge in [-0.3, -0.25) is 4.79 Å². The molecule has 1 aromatic heterocycles. The van der Waals surface area contributed by atoms with Gasteiger partial charge in [0.25, 0.3) is 0 Å². The molecule has 0 bridgehead atoms. The smallest absolute Gasteiger partial charge is 0.230 e. The number of hydrogen-bond donors (Lipinski definition) is 1. The fourth-order valence-electron chi connectivity index (χ4n) is 2.51. The number of ether oxygens (including phenoxy) is 2. The number of benzene rings is 1. The quantitative estimate of drug-likeness (QED) is 0.859. The Morgan fingerprint density at radius 2 is 2.04 bits per heavy atom. The summed E-state index contributed by atoms with van der Waals surface area (Å²) in [5.74, 6) is 1.57. The molecule has 1 aliphatic heterocycles. The number of nitrogens with one attached hydrogen (secondary N) is 1. The summed E-state index contributed by atoms with van der Waals surface area (Å²) in [5, 5.41) is 13.7. The molecule has 1 N–H and O–H groups in total. The van der Waals surface area contributed by atoms with Gasteiger partial charge in [0.1, 0.15) is 24.3 Å². The van der Waals surface area contributed by atoms with Crippen molar-refractivity contribution in [1.82, 2.24) is 10.3 Å². The van der Waals surface area contributed by atoms with E-state index in [1.807, 2.05) is 12.1 Å². The maximum atomic E-state index is 11.8. The zero-order valence-electron chi connectivity index (χ0n) is 12.9. The van der Waals surface area contributed by atoms with Crippen molar-refractivity contribution in [1.29, 1.82) is 5.26 Å². The highest BCUT2D eigenvalue weighted by Gasteiger charge is 2.23. The lowest BCUT2D eigenvalue weighted by molar-refractivity contribution is -0.118. The monoisotopic (exact) mass is 341 g/mol. The molecule has 24 heavy (non-hydrogen) atoms. The summed E-state index contributed by atoms with van der Waals surface area (Å²) in [5.41, 5.74) is 1.19. The van der Waals surface area contributed by atoms with Crippen LogP contribution in [0.15, 0.2) is 23.2 Å². The van der Waals surface area contributed by atoms with E-state index in [9.17, 15) is 10.1 Å². The number of rotatable bonds is 4. The number of carbonyl (C=O) groups is 1. The number of hydrogen-bond acceptors (Lipinski definition) is 6. The van der Waals surface area contributed by atoms with E-state index in [4.69, 9.17) is 9.47 Å². The van der Waals surface area contributed by atoms with Crippen LogP contribution in [0.3, 0.4) is 0 Å². The lowest BCUT2D eigenvalue weighted by atomic mass is 10.1. The van der Waals surface area contributed by atoms with Crippen LogP contribution in [0.1, 0.15) is 18.4 Å². The van der Waals surface area contributed by atoms with Crippen molar-refractivity contribution in [2.75, 3.05) is 19.0 Å². The van der Waals surface area contributed by atoms with E-state index < -0.39 is 0 Å². The topological polar surface area (TPSA) is 84.2 Å². The molecule has 0 saturated heterocycles. The van der Waals surface area contributed by atoms with Gasteiger partial charge in [0.15, 0.2) is 11.5 Å². The number of nitriles is 1. The van der Waals surface area contributed by atoms with Crippen LogP contribution >= 0.6 is 11.8 Å². The van der Waals surface area contributed by atoms with Gasteiger partial charge in [-0.25, -0.2) is 4.98 Å². The molecule has 1 fully saturated rings. The highest BCUT2D eigenvalue weighted by atomic mass is 32.2. The summed E-state index contributed by atoms with van der Waals surface area (Å²) in [4.78, 5) is 16.4. The van der Waals surface area contributed by atoms with Crippen LogP contribution in [0.2, 0.25) is 0 Å². The van der Waals surface area contributed by atoms with Gasteiger partial charge in [0.05, 0.1) is 16.8 Å². The number of thioether (sulfide) groups is 1. The number of nitrogens with zero attached hydrogens (tertiary/aromatic N) is 2. The standard InChI is InChI=1S/C17H15N3O3S/c18-8-11-5-10-6-14-15(23-4-3-22-14)7-13(10)20-17(11)24-9-16(21)19-12-1-2-12/h5-7,12H,1-4,9H2,(H,19,21). The Kier molecular flexibility index (Phi) is 3.90. The first-order valence-corrected chi connectivity index (χ1v) is 8.78. The normalized spacial score (nSPS) is 15.8. The zero-order chi connectivity index (χ0) is 16.5. The Morgan fingerprint density at radius 1 is 1.29 bits per heavy atom. The molecule has 1 aromatic carbocycles. The van der Waals surface area contributed by atoms with Crippen molar-refractivity contribution in [2.24, 2.45) is 0 Å². The number of aromatic nitrogens is 1. The first kappa shape index (κ1) is 15.1. The fourth-order valence-corrected chi connectivity index (χ4v) is 3.29. The van der Waals surface area contributed by atoms with Crippen molar-refractivity contribution in [3.05, 3.63) is 23.8 Å². The van der Waals surface area contributed by atoms with Gasteiger partial charge in [-0.2, -0.15) is 5.26 Å². The molecule has 6 nitrogen and oxygen atoms in total. The third-order valence-electron chi connectivity index (χ3n) is 3.85. The molecule has 0 radical (unpaired) electrons. The lowest BCUT2D eigenvalue weighted by Gasteiger charge is -2.18. The molecule has 2 aliphatic rings. The molecule has 0 spiro atoms. The molecule has 2 aromatic rings. The minimum Gasteiger partial charge on any atom is -0.486 e. The SMILES string of the molecule is N#Cc1cc2cc3c(cc2nc1SCC(=O)NC1CC1)OCCO3. The van der Waals surface area contributed by atoms with E-state index in [0.717, 1.165) is 23.7 Å². The second-order valence-electron chi connectivity index (χ2n) is 5.77. The Balaban J connectivity index is 1.61. The maximum absolute atomic E-state index is 11.8. The van der Waals surface area contributed by atoms with Crippen LogP contribution in [0, 0.1) is 11.3 Å². The molecule has 1 amide bonds. The first-order valence-electron chi connectivity index (χ1n) is 7.79. The van der Waals surface area contributed by atoms with Gasteiger partial charge >= 0.3 is 0 Å². The molecule has 1 saturated carbocycles. The molecule has 7 heteroatoms. The third-order valence-corrected chi connectivity index (χ3v) is 4.84. The summed E-state index contributed by atoms with van der Waals surface area (Å²) >= 11 is 1.28. The Morgan fingerprint density at radius 3 is 2.75 bits per heavy atom. The van der Waals surface area contributed by atoms with Gasteiger partial charge < -0.3 is 14.8 Å². The second kappa shape index (κ2) is 6.21. The van der Waals surface area contributed by atoms with Crippen LogP contribution in [0.5, 0.6) is 11.5 Å². The summed E-state index contributed by atoms with van der Waals surface area (Å²) in [6.07, 6.45) is 2.11. The average molecular weight is 341 g/mol. The number of fused-ring (bicyclic) bond motifs is 2. The van der Waals surface area contributed by atoms with Gasteiger partial charge in [0, 0.05) is 17.5 Å². The van der Waals surface area contributed by atoms with Crippen molar-refractivity contribution in [3.63, 3.8) is 0 Å². The van der Waals surface area contributed by atoms with Crippen LogP contribution in [0.4, 0.5) is 0 Å². The van der Waals surface area contributed by atoms with Crippen LogP contribution in [0.25, 0.3) is 10.9 Å². The Labute approximate surface area is 143 Å². The van der Waals surface area contributed by atoms with Crippen molar-refractivity contribution in [2.45, 2.75) is 23.9 Å². The van der Waals surface area contributed by atoms with E-state index in [2.05, 4.69) is 16.4 Å². The summed E-state index contributed by atoms with van der Waals surface area (Å²) in [7, 11) is 0. The predicted molar refractivity (Wildman–Crippen MR) is 89.3 cm³/mol. The van der Waals surface area contributed by atoms with Crippen molar-refractivity contribution in [3.8, 4) is 17.6 Å². The molecule has 0 unspecified atom stereocenters. The lowest BCUT2D eigenvalue weighted by Crippen LogP contribution is -2.27. The summed E-state index contributed by atoms with van der Waals surface area (Å²) in [6, 6.07) is 7.93. The van der Waals surface area contributed by atoms with E-state index in [0.29, 0.717) is 41.3 Å². The molecular formula is C17H15N3O3S. The highest BCUT2D eigenvalue weighted by Crippen LogP contribution is 2.35. The Bertz CT molecular complexity index is 858. The van der Waals surface area contributed by atoms with E-state index in [1.54, 1.807) is 6.07 Å². The van der Waals surface area contributed by atoms with Crippen LogP contribution in [-0.4, -0.2) is 35.9 Å². The number of pyridine rings is 1. The molecule has 2 heterocycles. The first-order chi connectivity index (χ1) is 11.7. The average Bonchev–Trinajstić information content (AvgIpc) is 3.41. The van der Waals surface area contributed by atoms with Crippen LogP contribution in [-0.2, 0) is 4.79 Å². The molecule has 0 atom stereocenters. The molecule has 122 valence electrons. The summed E-state index contributed by atoms with van der Waals surface area (Å²) < 4.78 is 11.1. The second-order valence-corrected chi connectivity index (χ2v) is 6.74. The number of carbonyl (C=O) groups excluding carboxylic acids is 1. The fraction of sp³-hybridized carbons (Fsp3) is 0.353. The molecular weight excluding hydrogens is 326 g/mol. The van der Waals surface area contributed by atoms with Gasteiger partial charge in [-0.1, -0.05) is 11.8 Å². The Hall–Kier alpha value is -2.46.